The number of hydrogen-bond donors (Lipinski definition) is 0. The number of para-hydroxylation sites is 5. The first-order valence-electron chi connectivity index (χ1n) is 23.7. The maximum atomic E-state index is 9.73. The van der Waals surface area contributed by atoms with E-state index in [1.54, 1.807) is 0 Å². The van der Waals surface area contributed by atoms with Crippen LogP contribution in [0.3, 0.4) is 0 Å². The van der Waals surface area contributed by atoms with Gasteiger partial charge in [-0.25, -0.2) is 15.0 Å². The van der Waals surface area contributed by atoms with Crippen molar-refractivity contribution < 1.29 is 12.6 Å². The number of benzene rings is 9. The smallest absolute Gasteiger partial charge is 0.164 e. The molecule has 9 aromatic carbocycles. The molecular formula is C57H35N5O. The number of aromatic nitrogens is 5. The molecule has 294 valence electrons. The number of rotatable bonds is 6. The summed E-state index contributed by atoms with van der Waals surface area (Å²) < 4.78 is 65.6. The Kier molecular flexibility index (Phi) is 6.56. The normalized spacial score (nSPS) is 13.1. The molecule has 4 heterocycles. The fourth-order valence-corrected chi connectivity index (χ4v) is 9.20. The SMILES string of the molecule is [2H]c1cc([2H])c2oc3c(-c4cc(-c5nc(-c6ccccc6)nc(-c6ccccc6)n5)ccc4-n4c5ccccc5c5c6c7ccccc7n(-c7ccccc7)c6ccc54)c([2H])c([2H])c([2H])c3c2c1[2H]. The van der Waals surface area contributed by atoms with Crippen molar-refractivity contribution in [3.63, 3.8) is 0 Å². The Hall–Kier alpha value is -8.61. The van der Waals surface area contributed by atoms with E-state index in [2.05, 4.69) is 69.8 Å². The first-order valence-corrected chi connectivity index (χ1v) is 20.7. The molecule has 0 fully saturated rings. The third-order valence-corrected chi connectivity index (χ3v) is 11.9. The van der Waals surface area contributed by atoms with Crippen LogP contribution < -0.4 is 0 Å². The highest BCUT2D eigenvalue weighted by molar-refractivity contribution is 6.29. The van der Waals surface area contributed by atoms with E-state index in [4.69, 9.17) is 23.5 Å². The number of hydrogen-bond acceptors (Lipinski definition) is 4. The van der Waals surface area contributed by atoms with Crippen LogP contribution in [-0.4, -0.2) is 24.1 Å². The van der Waals surface area contributed by atoms with Gasteiger partial charge in [-0.05, 0) is 60.6 Å². The van der Waals surface area contributed by atoms with Gasteiger partial charge in [-0.3, -0.25) is 0 Å². The van der Waals surface area contributed by atoms with Gasteiger partial charge in [0.05, 0.1) is 36.0 Å². The van der Waals surface area contributed by atoms with Gasteiger partial charge in [0.15, 0.2) is 17.5 Å². The van der Waals surface area contributed by atoms with Crippen molar-refractivity contribution in [2.75, 3.05) is 0 Å². The fourth-order valence-electron chi connectivity index (χ4n) is 9.20. The number of fused-ring (bicyclic) bond motifs is 10. The molecule has 0 saturated heterocycles. The minimum absolute atomic E-state index is 0.00925. The van der Waals surface area contributed by atoms with Crippen LogP contribution in [0.15, 0.2) is 217 Å². The molecular weight excluding hydrogens is 771 g/mol. The first kappa shape index (κ1) is 29.6. The van der Waals surface area contributed by atoms with Crippen LogP contribution in [0, 0.1) is 0 Å². The van der Waals surface area contributed by atoms with Gasteiger partial charge in [0.25, 0.3) is 0 Å². The topological polar surface area (TPSA) is 61.7 Å². The van der Waals surface area contributed by atoms with Crippen molar-refractivity contribution >= 4 is 65.6 Å². The molecule has 63 heavy (non-hydrogen) atoms. The minimum atomic E-state index is -0.381. The summed E-state index contributed by atoms with van der Waals surface area (Å²) in [5, 5.41) is 4.39. The summed E-state index contributed by atoms with van der Waals surface area (Å²) in [6, 6.07) is 56.3. The van der Waals surface area contributed by atoms with Crippen LogP contribution in [0.4, 0.5) is 0 Å². The largest absolute Gasteiger partial charge is 0.455 e. The van der Waals surface area contributed by atoms with Gasteiger partial charge < -0.3 is 13.6 Å². The molecule has 6 nitrogen and oxygen atoms in total. The summed E-state index contributed by atoms with van der Waals surface area (Å²) in [5.74, 6) is 1.30. The Bertz CT molecular complexity index is 4210. The molecule has 0 radical (unpaired) electrons. The highest BCUT2D eigenvalue weighted by atomic mass is 16.3. The zero-order valence-corrected chi connectivity index (χ0v) is 33.4. The first-order chi connectivity index (χ1) is 33.7. The Labute approximate surface area is 370 Å². The molecule has 0 aliphatic rings. The number of nitrogens with zero attached hydrogens (tertiary/aromatic N) is 5. The van der Waals surface area contributed by atoms with E-state index >= 15 is 0 Å². The van der Waals surface area contributed by atoms with Crippen molar-refractivity contribution in [2.24, 2.45) is 0 Å². The van der Waals surface area contributed by atoms with Crippen molar-refractivity contribution in [2.45, 2.75) is 0 Å². The van der Waals surface area contributed by atoms with E-state index < -0.39 is 0 Å². The standard InChI is InChI=1S/C57H35N5O/c1-4-17-36(18-5-1)55-58-56(37-19-6-2-7-20-37)60-57(59-55)38-31-32-48(45(35-38)42-27-16-26-41-40-23-12-15-30-51(40)63-54(41)42)62-47-29-14-11-25-44(47)53-50(62)34-33-49-52(53)43-24-10-13-28-46(43)61(49)39-21-8-3-9-22-39/h1-35H/i12D,16D,23D,26D,27D,30D. The highest BCUT2D eigenvalue weighted by Gasteiger charge is 2.24. The second-order valence-corrected chi connectivity index (χ2v) is 15.5. The minimum Gasteiger partial charge on any atom is -0.455 e. The molecule has 0 atom stereocenters. The van der Waals surface area contributed by atoms with E-state index in [1.165, 1.54) is 6.07 Å². The lowest BCUT2D eigenvalue weighted by atomic mass is 9.97. The zero-order chi connectivity index (χ0) is 46.7. The summed E-state index contributed by atoms with van der Waals surface area (Å²) in [4.78, 5) is 15.1. The van der Waals surface area contributed by atoms with Crippen molar-refractivity contribution in [3.8, 4) is 56.7 Å². The molecule has 0 amide bonds. The average molecular weight is 812 g/mol. The van der Waals surface area contributed by atoms with Crippen LogP contribution in [-0.2, 0) is 0 Å². The van der Waals surface area contributed by atoms with E-state index in [0.29, 0.717) is 34.3 Å². The van der Waals surface area contributed by atoms with Gasteiger partial charge in [0, 0.05) is 65.8 Å². The van der Waals surface area contributed by atoms with E-state index in [1.807, 2.05) is 109 Å². The average Bonchev–Trinajstić information content (AvgIpc) is 4.07. The third kappa shape index (κ3) is 5.48. The molecule has 0 bridgehead atoms. The van der Waals surface area contributed by atoms with Gasteiger partial charge in [-0.2, -0.15) is 0 Å². The summed E-state index contributed by atoms with van der Waals surface area (Å²) in [5.41, 5.74) is 8.50. The second kappa shape index (κ2) is 14.0. The van der Waals surface area contributed by atoms with Crippen LogP contribution >= 0.6 is 0 Å². The van der Waals surface area contributed by atoms with Gasteiger partial charge in [-0.15, -0.1) is 0 Å². The fraction of sp³-hybridized carbons (Fsp3) is 0. The Morgan fingerprint density at radius 3 is 1.62 bits per heavy atom. The molecule has 0 aliphatic heterocycles. The lowest BCUT2D eigenvalue weighted by Crippen LogP contribution is -2.02. The maximum absolute atomic E-state index is 9.73. The third-order valence-electron chi connectivity index (χ3n) is 11.9. The Morgan fingerprint density at radius 1 is 0.397 bits per heavy atom. The monoisotopic (exact) mass is 811 g/mol. The van der Waals surface area contributed by atoms with Gasteiger partial charge >= 0.3 is 0 Å². The van der Waals surface area contributed by atoms with Crippen LogP contribution in [0.25, 0.3) is 122 Å². The second-order valence-electron chi connectivity index (χ2n) is 15.5. The summed E-state index contributed by atoms with van der Waals surface area (Å²) in [7, 11) is 0. The molecule has 4 aromatic heterocycles. The maximum Gasteiger partial charge on any atom is 0.164 e. The van der Waals surface area contributed by atoms with E-state index in [9.17, 15) is 4.11 Å². The van der Waals surface area contributed by atoms with Crippen LogP contribution in [0.5, 0.6) is 0 Å². The molecule has 0 unspecified atom stereocenters. The molecule has 0 spiro atoms. The molecule has 13 rings (SSSR count). The van der Waals surface area contributed by atoms with Crippen molar-refractivity contribution in [1.82, 2.24) is 24.1 Å². The van der Waals surface area contributed by atoms with E-state index in [0.717, 1.165) is 60.4 Å². The van der Waals surface area contributed by atoms with E-state index in [-0.39, 0.29) is 63.8 Å². The summed E-state index contributed by atoms with van der Waals surface area (Å²) in [6.07, 6.45) is 0. The van der Waals surface area contributed by atoms with Crippen molar-refractivity contribution in [3.05, 3.63) is 212 Å². The molecule has 0 N–H and O–H groups in total. The molecule has 6 heteroatoms. The molecule has 13 aromatic rings. The molecule has 0 saturated carbocycles. The predicted molar refractivity (Wildman–Crippen MR) is 258 cm³/mol. The summed E-state index contributed by atoms with van der Waals surface area (Å²) >= 11 is 0. The Balaban J connectivity index is 1.17. The van der Waals surface area contributed by atoms with Crippen LogP contribution in [0.2, 0.25) is 0 Å². The Morgan fingerprint density at radius 2 is 0.952 bits per heavy atom. The highest BCUT2D eigenvalue weighted by Crippen LogP contribution is 2.45. The quantitative estimate of drug-likeness (QED) is 0.168. The van der Waals surface area contributed by atoms with Crippen LogP contribution in [0.1, 0.15) is 8.22 Å². The van der Waals surface area contributed by atoms with Crippen molar-refractivity contribution in [1.29, 1.82) is 0 Å². The summed E-state index contributed by atoms with van der Waals surface area (Å²) in [6.45, 7) is 0. The van der Waals surface area contributed by atoms with Gasteiger partial charge in [0.2, 0.25) is 0 Å². The van der Waals surface area contributed by atoms with Gasteiger partial charge in [-0.1, -0.05) is 152 Å². The zero-order valence-electron chi connectivity index (χ0n) is 39.4. The van der Waals surface area contributed by atoms with Gasteiger partial charge in [0.1, 0.15) is 11.2 Å². The lowest BCUT2D eigenvalue weighted by molar-refractivity contribution is 0.670. The number of furan rings is 1. The molecule has 0 aliphatic carbocycles. The predicted octanol–water partition coefficient (Wildman–Crippen LogP) is 14.6. The lowest BCUT2D eigenvalue weighted by Gasteiger charge is -2.16.